The van der Waals surface area contributed by atoms with Gasteiger partial charge < -0.3 is 15.2 Å². The van der Waals surface area contributed by atoms with Crippen LogP contribution in [-0.4, -0.2) is 30.6 Å². The van der Waals surface area contributed by atoms with Crippen LogP contribution in [0, 0.1) is 6.92 Å². The number of ether oxygens (including phenoxy) is 1. The van der Waals surface area contributed by atoms with Gasteiger partial charge in [-0.3, -0.25) is 9.35 Å². The van der Waals surface area contributed by atoms with Crippen LogP contribution in [0.4, 0.5) is 17.1 Å². The number of phenolic OH excluding ortho intramolecular Hbond substituents is 1. The van der Waals surface area contributed by atoms with Gasteiger partial charge in [0.1, 0.15) is 27.0 Å². The van der Waals surface area contributed by atoms with Crippen molar-refractivity contribution in [2.45, 2.75) is 18.7 Å². The van der Waals surface area contributed by atoms with Crippen molar-refractivity contribution >= 4 is 67.1 Å². The molecule has 0 atom stereocenters. The molecule has 9 nitrogen and oxygen atoms in total. The maximum absolute atomic E-state index is 13.2. The van der Waals surface area contributed by atoms with E-state index in [1.807, 2.05) is 0 Å². The minimum absolute atomic E-state index is 0.0969. The first-order valence-electron chi connectivity index (χ1n) is 11.2. The number of carbonyl (C=O) groups is 1. The molecule has 0 fully saturated rings. The Balaban J connectivity index is 1.82. The monoisotopic (exact) mass is 573 g/mol. The first kappa shape index (κ1) is 27.3. The Morgan fingerprint density at radius 3 is 2.47 bits per heavy atom. The SMILES string of the molecule is CCOc1cccc(NC(=O)c2cc3ccccc3c(N=Nc3ccc(C)c(Cl)c3S(=O)(=O)O)c2O)c1Cl. The number of azo groups is 1. The van der Waals surface area contributed by atoms with E-state index in [1.54, 1.807) is 56.3 Å². The van der Waals surface area contributed by atoms with Crippen molar-refractivity contribution < 1.29 is 27.6 Å². The van der Waals surface area contributed by atoms with Crippen molar-refractivity contribution in [2.24, 2.45) is 10.2 Å². The zero-order valence-electron chi connectivity index (χ0n) is 20.1. The molecule has 4 aromatic rings. The molecule has 0 radical (unpaired) electrons. The summed E-state index contributed by atoms with van der Waals surface area (Å²) in [6, 6.07) is 16.0. The highest BCUT2D eigenvalue weighted by Crippen LogP contribution is 2.41. The topological polar surface area (TPSA) is 138 Å². The van der Waals surface area contributed by atoms with Gasteiger partial charge in [0.15, 0.2) is 5.75 Å². The van der Waals surface area contributed by atoms with Gasteiger partial charge in [0, 0.05) is 5.39 Å². The molecule has 4 rings (SSSR count). The van der Waals surface area contributed by atoms with Crippen LogP contribution in [0.5, 0.6) is 11.5 Å². The average molecular weight is 574 g/mol. The van der Waals surface area contributed by atoms with E-state index in [0.29, 0.717) is 28.7 Å². The maximum Gasteiger partial charge on any atom is 0.298 e. The highest BCUT2D eigenvalue weighted by molar-refractivity contribution is 7.86. The normalized spacial score (nSPS) is 11.7. The van der Waals surface area contributed by atoms with Crippen LogP contribution in [0.1, 0.15) is 22.8 Å². The number of carbonyl (C=O) groups excluding carboxylic acids is 1. The Morgan fingerprint density at radius 1 is 1.03 bits per heavy atom. The zero-order chi connectivity index (χ0) is 27.6. The van der Waals surface area contributed by atoms with E-state index >= 15 is 0 Å². The first-order chi connectivity index (χ1) is 18.0. The number of amides is 1. The fourth-order valence-corrected chi connectivity index (χ4v) is 5.17. The molecule has 12 heteroatoms. The maximum atomic E-state index is 13.2. The Bertz CT molecular complexity index is 1710. The molecule has 196 valence electrons. The third kappa shape index (κ3) is 5.44. The van der Waals surface area contributed by atoms with Gasteiger partial charge in [-0.2, -0.15) is 8.42 Å². The number of anilines is 1. The lowest BCUT2D eigenvalue weighted by atomic mass is 10.0. The van der Waals surface area contributed by atoms with E-state index in [-0.39, 0.29) is 32.7 Å². The smallest absolute Gasteiger partial charge is 0.298 e. The van der Waals surface area contributed by atoms with Crippen LogP contribution in [0.15, 0.2) is 75.8 Å². The van der Waals surface area contributed by atoms with Crippen molar-refractivity contribution in [1.82, 2.24) is 0 Å². The molecular formula is C26H21Cl2N3O6S. The van der Waals surface area contributed by atoms with Crippen LogP contribution in [0.25, 0.3) is 10.8 Å². The zero-order valence-corrected chi connectivity index (χ0v) is 22.4. The summed E-state index contributed by atoms with van der Waals surface area (Å²) >= 11 is 12.5. The lowest BCUT2D eigenvalue weighted by molar-refractivity contribution is 0.102. The van der Waals surface area contributed by atoms with E-state index in [2.05, 4.69) is 15.5 Å². The highest BCUT2D eigenvalue weighted by atomic mass is 35.5. The third-order valence-corrected chi connectivity index (χ3v) is 7.45. The van der Waals surface area contributed by atoms with E-state index in [9.17, 15) is 22.9 Å². The second-order valence-corrected chi connectivity index (χ2v) is 10.2. The summed E-state index contributed by atoms with van der Waals surface area (Å²) in [6.45, 7) is 3.74. The van der Waals surface area contributed by atoms with E-state index < -0.39 is 26.7 Å². The van der Waals surface area contributed by atoms with E-state index in [4.69, 9.17) is 27.9 Å². The van der Waals surface area contributed by atoms with Crippen LogP contribution >= 0.6 is 23.2 Å². The number of nitrogens with one attached hydrogen (secondary N) is 1. The molecule has 4 aromatic carbocycles. The van der Waals surface area contributed by atoms with Gasteiger partial charge in [-0.15, -0.1) is 10.2 Å². The molecule has 1 amide bonds. The molecule has 0 saturated heterocycles. The summed E-state index contributed by atoms with van der Waals surface area (Å²) in [7, 11) is -4.75. The standard InChI is InChI=1S/C26H21Cl2N3O6S/c1-3-37-20-10-6-9-18(22(20)28)29-26(33)17-13-15-7-4-5-8-16(15)23(24(17)32)31-30-19-12-11-14(2)21(27)25(19)38(34,35)36/h4-13,32H,3H2,1-2H3,(H,29,33)(H,34,35,36). The van der Waals surface area contributed by atoms with Crippen molar-refractivity contribution in [3.63, 3.8) is 0 Å². The van der Waals surface area contributed by atoms with Crippen molar-refractivity contribution in [2.75, 3.05) is 11.9 Å². The Labute approximate surface area is 228 Å². The number of hydrogen-bond donors (Lipinski definition) is 3. The fourth-order valence-electron chi connectivity index (χ4n) is 3.73. The van der Waals surface area contributed by atoms with Gasteiger partial charge >= 0.3 is 0 Å². The lowest BCUT2D eigenvalue weighted by Crippen LogP contribution is -2.13. The van der Waals surface area contributed by atoms with Gasteiger partial charge in [-0.1, -0.05) is 59.6 Å². The summed E-state index contributed by atoms with van der Waals surface area (Å²) in [4.78, 5) is 12.6. The minimum Gasteiger partial charge on any atom is -0.505 e. The van der Waals surface area contributed by atoms with Gasteiger partial charge in [-0.25, -0.2) is 0 Å². The summed E-state index contributed by atoms with van der Waals surface area (Å²) in [6.07, 6.45) is 0. The van der Waals surface area contributed by atoms with Crippen LogP contribution in [-0.2, 0) is 10.1 Å². The number of phenols is 1. The summed E-state index contributed by atoms with van der Waals surface area (Å²) in [5.74, 6) is -0.804. The largest absolute Gasteiger partial charge is 0.505 e. The van der Waals surface area contributed by atoms with Gasteiger partial charge in [0.25, 0.3) is 16.0 Å². The predicted octanol–water partition coefficient (Wildman–Crippen LogP) is 7.47. The Kier molecular flexibility index (Phi) is 7.89. The number of aryl methyl sites for hydroxylation is 1. The Hall–Kier alpha value is -3.70. The summed E-state index contributed by atoms with van der Waals surface area (Å²) in [5.41, 5.74) is 0.191. The van der Waals surface area contributed by atoms with Crippen molar-refractivity contribution in [3.8, 4) is 11.5 Å². The lowest BCUT2D eigenvalue weighted by Gasteiger charge is -2.13. The third-order valence-electron chi connectivity index (χ3n) is 5.54. The number of halogens is 2. The summed E-state index contributed by atoms with van der Waals surface area (Å²) < 4.78 is 39.1. The summed E-state index contributed by atoms with van der Waals surface area (Å²) in [5, 5.41) is 22.7. The first-order valence-corrected chi connectivity index (χ1v) is 13.4. The van der Waals surface area contributed by atoms with Gasteiger partial charge in [0.2, 0.25) is 0 Å². The van der Waals surface area contributed by atoms with E-state index in [1.165, 1.54) is 18.2 Å². The van der Waals surface area contributed by atoms with Gasteiger partial charge in [0.05, 0.1) is 22.9 Å². The number of hydrogen-bond acceptors (Lipinski definition) is 7. The molecule has 0 heterocycles. The second-order valence-electron chi connectivity index (χ2n) is 8.07. The second kappa shape index (κ2) is 11.0. The van der Waals surface area contributed by atoms with Crippen LogP contribution < -0.4 is 10.1 Å². The molecule has 0 saturated carbocycles. The number of benzene rings is 4. The minimum atomic E-state index is -4.75. The molecule has 3 N–H and O–H groups in total. The molecule has 0 aromatic heterocycles. The van der Waals surface area contributed by atoms with Crippen molar-refractivity contribution in [3.05, 3.63) is 81.8 Å². The van der Waals surface area contributed by atoms with Crippen LogP contribution in [0.3, 0.4) is 0 Å². The highest BCUT2D eigenvalue weighted by Gasteiger charge is 2.23. The average Bonchev–Trinajstić information content (AvgIpc) is 2.86. The number of nitrogens with zero attached hydrogens (tertiary/aromatic N) is 2. The molecule has 0 bridgehead atoms. The number of rotatable bonds is 7. The molecular weight excluding hydrogens is 553 g/mol. The predicted molar refractivity (Wildman–Crippen MR) is 146 cm³/mol. The molecule has 0 aliphatic carbocycles. The molecule has 0 aliphatic rings. The molecule has 38 heavy (non-hydrogen) atoms. The molecule has 0 spiro atoms. The van der Waals surface area contributed by atoms with Crippen LogP contribution in [0.2, 0.25) is 10.0 Å². The van der Waals surface area contributed by atoms with Crippen molar-refractivity contribution in [1.29, 1.82) is 0 Å². The fraction of sp³-hybridized carbons (Fsp3) is 0.115. The molecule has 0 unspecified atom stereocenters. The quantitative estimate of drug-likeness (QED) is 0.155. The van der Waals surface area contributed by atoms with E-state index in [0.717, 1.165) is 0 Å². The van der Waals surface area contributed by atoms with Gasteiger partial charge in [-0.05, 0) is 49.1 Å². The number of fused-ring (bicyclic) bond motifs is 1. The molecule has 0 aliphatic heterocycles. The number of aromatic hydroxyl groups is 1. The Morgan fingerprint density at radius 2 is 1.76 bits per heavy atom.